The molecule has 0 bridgehead atoms. The number of benzene rings is 2. The van der Waals surface area contributed by atoms with Gasteiger partial charge in [0.2, 0.25) is 10.0 Å². The quantitative estimate of drug-likeness (QED) is 0.321. The van der Waals surface area contributed by atoms with E-state index >= 15 is 0 Å². The van der Waals surface area contributed by atoms with Crippen molar-refractivity contribution in [1.82, 2.24) is 9.37 Å². The van der Waals surface area contributed by atoms with Gasteiger partial charge in [-0.05, 0) is 48.6 Å². The number of rotatable bonds is 10. The van der Waals surface area contributed by atoms with E-state index in [1.807, 2.05) is 0 Å². The molecule has 1 heterocycles. The van der Waals surface area contributed by atoms with E-state index in [0.29, 0.717) is 5.56 Å². The Morgan fingerprint density at radius 1 is 1.09 bits per heavy atom. The molecule has 1 aliphatic rings. The maximum atomic E-state index is 13.4. The molecular weight excluding hydrogens is 490 g/mol. The summed E-state index contributed by atoms with van der Waals surface area (Å²) in [5, 5.41) is 28.9. The molecule has 2 aromatic carbocycles. The van der Waals surface area contributed by atoms with Gasteiger partial charge in [0.1, 0.15) is 5.75 Å². The molecule has 10 nitrogen and oxygen atoms in total. The van der Waals surface area contributed by atoms with Crippen molar-refractivity contribution < 1.29 is 46.9 Å². The third kappa shape index (κ3) is 6.50. The van der Waals surface area contributed by atoms with Crippen LogP contribution < -0.4 is 9.47 Å². The Kier molecular flexibility index (Phi) is 7.72. The first kappa shape index (κ1) is 26.4. The minimum absolute atomic E-state index is 0.0140. The molecule has 13 heteroatoms. The summed E-state index contributed by atoms with van der Waals surface area (Å²) < 4.78 is 63.2. The maximum absolute atomic E-state index is 13.4. The summed E-state index contributed by atoms with van der Waals surface area (Å²) in [4.78, 5) is 11.1. The molecule has 0 aliphatic carbocycles. The highest BCUT2D eigenvalue weighted by Crippen LogP contribution is 2.42. The fourth-order valence-corrected chi connectivity index (χ4v) is 5.25. The van der Waals surface area contributed by atoms with E-state index in [0.717, 1.165) is 22.5 Å². The molecule has 0 radical (unpaired) electrons. The maximum Gasteiger partial charge on any atom is 0.586 e. The second-order valence-electron chi connectivity index (χ2n) is 8.47. The van der Waals surface area contributed by atoms with Gasteiger partial charge in [0, 0.05) is 19.2 Å². The number of hydrogen-bond acceptors (Lipinski definition) is 7. The number of fused-ring (bicyclic) bond motifs is 1. The number of halogens is 2. The predicted octanol–water partition coefficient (Wildman–Crippen LogP) is 3.73. The van der Waals surface area contributed by atoms with Crippen LogP contribution in [-0.2, 0) is 16.4 Å². The smallest absolute Gasteiger partial charge is 0.508 e. The van der Waals surface area contributed by atoms with Crippen molar-refractivity contribution in [2.45, 2.75) is 43.9 Å². The van der Waals surface area contributed by atoms with E-state index in [9.17, 15) is 37.4 Å². The molecular formula is C22H26F2N2O8S. The average molecular weight is 517 g/mol. The molecule has 0 saturated heterocycles. The topological polar surface area (TPSA) is 137 Å². The SMILES string of the molecule is CC(C)CN(CCC(Cc1ccc(O)cc1)N(O)C(=O)O)S(=O)(=O)c1ccc2c(c1)OC(F)(F)O2. The molecule has 0 fully saturated rings. The van der Waals surface area contributed by atoms with E-state index < -0.39 is 34.2 Å². The number of hydroxylamine groups is 2. The number of nitrogens with zero attached hydrogens (tertiary/aromatic N) is 2. The van der Waals surface area contributed by atoms with Gasteiger partial charge < -0.3 is 19.7 Å². The van der Waals surface area contributed by atoms with Crippen molar-refractivity contribution in [2.24, 2.45) is 5.92 Å². The lowest BCUT2D eigenvalue weighted by molar-refractivity contribution is -0.286. The van der Waals surface area contributed by atoms with Crippen LogP contribution in [-0.4, -0.2) is 64.7 Å². The molecule has 1 aliphatic heterocycles. The Balaban J connectivity index is 1.83. The highest BCUT2D eigenvalue weighted by molar-refractivity contribution is 7.89. The van der Waals surface area contributed by atoms with E-state index in [1.165, 1.54) is 12.1 Å². The number of phenols is 1. The fourth-order valence-electron chi connectivity index (χ4n) is 3.62. The monoisotopic (exact) mass is 516 g/mol. The number of carboxylic acid groups (broad SMARTS) is 1. The summed E-state index contributed by atoms with van der Waals surface area (Å²) in [6.07, 6.45) is -5.52. The van der Waals surface area contributed by atoms with Crippen molar-refractivity contribution in [3.05, 3.63) is 48.0 Å². The van der Waals surface area contributed by atoms with Gasteiger partial charge >= 0.3 is 12.4 Å². The van der Waals surface area contributed by atoms with E-state index in [-0.39, 0.29) is 53.3 Å². The number of carbonyl (C=O) groups is 1. The first-order valence-corrected chi connectivity index (χ1v) is 12.1. The van der Waals surface area contributed by atoms with Crippen molar-refractivity contribution in [3.8, 4) is 17.2 Å². The Labute approximate surface area is 200 Å². The van der Waals surface area contributed by atoms with Crippen molar-refractivity contribution >= 4 is 16.1 Å². The second kappa shape index (κ2) is 10.2. The Morgan fingerprint density at radius 3 is 2.31 bits per heavy atom. The lowest BCUT2D eigenvalue weighted by atomic mass is 10.0. The van der Waals surface area contributed by atoms with Crippen molar-refractivity contribution in [1.29, 1.82) is 0 Å². The van der Waals surface area contributed by atoms with Crippen LogP contribution in [0.2, 0.25) is 0 Å². The first-order valence-electron chi connectivity index (χ1n) is 10.7. The summed E-state index contributed by atoms with van der Waals surface area (Å²) in [7, 11) is -4.20. The summed E-state index contributed by atoms with van der Waals surface area (Å²) in [6.45, 7) is 3.45. The van der Waals surface area contributed by atoms with Crippen LogP contribution in [0.25, 0.3) is 0 Å². The van der Waals surface area contributed by atoms with Gasteiger partial charge in [0.15, 0.2) is 11.5 Å². The number of hydrogen-bond donors (Lipinski definition) is 3. The van der Waals surface area contributed by atoms with Crippen LogP contribution in [0.15, 0.2) is 47.4 Å². The third-order valence-electron chi connectivity index (χ3n) is 5.24. The fraction of sp³-hybridized carbons (Fsp3) is 0.409. The molecule has 1 atom stereocenters. The summed E-state index contributed by atoms with van der Waals surface area (Å²) in [6, 6.07) is 8.08. The highest BCUT2D eigenvalue weighted by atomic mass is 32.2. The first-order chi connectivity index (χ1) is 16.3. The number of ether oxygens (including phenoxy) is 2. The number of alkyl halides is 2. The number of aromatic hydroxyl groups is 1. The Hall–Kier alpha value is -3.16. The molecule has 3 rings (SSSR count). The largest absolute Gasteiger partial charge is 0.586 e. The number of amides is 1. The van der Waals surface area contributed by atoms with Crippen LogP contribution >= 0.6 is 0 Å². The van der Waals surface area contributed by atoms with E-state index in [4.69, 9.17) is 0 Å². The van der Waals surface area contributed by atoms with Crippen LogP contribution in [0.3, 0.4) is 0 Å². The van der Waals surface area contributed by atoms with E-state index in [2.05, 4.69) is 9.47 Å². The van der Waals surface area contributed by atoms with Gasteiger partial charge in [-0.25, -0.2) is 13.2 Å². The van der Waals surface area contributed by atoms with Gasteiger partial charge in [-0.15, -0.1) is 8.78 Å². The van der Waals surface area contributed by atoms with Crippen LogP contribution in [0, 0.1) is 5.92 Å². The Bertz CT molecular complexity index is 1160. The standard InChI is InChI=1S/C22H26F2N2O8S/c1-14(2)13-25(35(31,32)18-7-8-19-20(12-18)34-22(23,24)33-19)10-9-16(26(30)21(28)29)11-15-3-5-17(27)6-4-15/h3-8,12,14,16,27,30H,9-11,13H2,1-2H3,(H,28,29). The average Bonchev–Trinajstić information content (AvgIpc) is 3.08. The molecule has 1 amide bonds. The molecule has 192 valence electrons. The molecule has 1 unspecified atom stereocenters. The molecule has 3 N–H and O–H groups in total. The lowest BCUT2D eigenvalue weighted by Crippen LogP contribution is -2.42. The number of sulfonamides is 1. The normalized spacial score (nSPS) is 15.4. The zero-order valence-corrected chi connectivity index (χ0v) is 19.8. The van der Waals surface area contributed by atoms with Crippen molar-refractivity contribution in [2.75, 3.05) is 13.1 Å². The van der Waals surface area contributed by atoms with Crippen LogP contribution in [0.1, 0.15) is 25.8 Å². The zero-order chi connectivity index (χ0) is 26.0. The van der Waals surface area contributed by atoms with Gasteiger partial charge in [-0.3, -0.25) is 5.21 Å². The molecule has 35 heavy (non-hydrogen) atoms. The minimum atomic E-state index is -4.20. The summed E-state index contributed by atoms with van der Waals surface area (Å²) in [5.41, 5.74) is 0.614. The van der Waals surface area contributed by atoms with Gasteiger partial charge in [-0.1, -0.05) is 26.0 Å². The Morgan fingerprint density at radius 2 is 1.71 bits per heavy atom. The van der Waals surface area contributed by atoms with Crippen molar-refractivity contribution in [3.63, 3.8) is 0 Å². The highest BCUT2D eigenvalue weighted by Gasteiger charge is 2.44. The van der Waals surface area contributed by atoms with Crippen LogP contribution in [0.4, 0.5) is 13.6 Å². The zero-order valence-electron chi connectivity index (χ0n) is 19.0. The summed E-state index contributed by atoms with van der Waals surface area (Å²) in [5.74, 6) is -0.822. The summed E-state index contributed by atoms with van der Waals surface area (Å²) >= 11 is 0. The molecule has 2 aromatic rings. The molecule has 0 aromatic heterocycles. The lowest BCUT2D eigenvalue weighted by Gasteiger charge is -2.28. The van der Waals surface area contributed by atoms with Crippen LogP contribution in [0.5, 0.6) is 17.2 Å². The molecule has 0 saturated carbocycles. The van der Waals surface area contributed by atoms with E-state index in [1.54, 1.807) is 26.0 Å². The predicted molar refractivity (Wildman–Crippen MR) is 118 cm³/mol. The number of phenolic OH excluding ortho intramolecular Hbond substituents is 1. The van der Waals surface area contributed by atoms with Gasteiger partial charge in [-0.2, -0.15) is 9.37 Å². The third-order valence-corrected chi connectivity index (χ3v) is 7.10. The molecule has 0 spiro atoms. The van der Waals surface area contributed by atoms with Gasteiger partial charge in [0.25, 0.3) is 0 Å². The second-order valence-corrected chi connectivity index (χ2v) is 10.4. The minimum Gasteiger partial charge on any atom is -0.508 e. The van der Waals surface area contributed by atoms with Gasteiger partial charge in [0.05, 0.1) is 10.9 Å².